The molecule has 1 aromatic heterocycles. The van der Waals surface area contributed by atoms with Gasteiger partial charge in [0, 0.05) is 43.2 Å². The molecule has 1 saturated heterocycles. The molecule has 0 atom stereocenters. The number of aromatic nitrogens is 2. The van der Waals surface area contributed by atoms with Gasteiger partial charge in [0.2, 0.25) is 5.95 Å². The average molecular weight is 391 g/mol. The van der Waals surface area contributed by atoms with Crippen LogP contribution in [0.1, 0.15) is 16.2 Å². The summed E-state index contributed by atoms with van der Waals surface area (Å²) >= 11 is 0. The monoisotopic (exact) mass is 391 g/mol. The number of hydrogen-bond donors (Lipinski definition) is 1. The standard InChI is InChI=1S/C22H22FN5O/c1-16-15-20(26-22(24-16)25-18-5-3-2-4-6-18)21(29)28-13-11-27(12-14-28)19-9-7-17(23)8-10-19/h2-10,15H,11-14H2,1H3,(H,24,25,26). The van der Waals surface area contributed by atoms with Crippen LogP contribution >= 0.6 is 0 Å². The van der Waals surface area contributed by atoms with E-state index in [4.69, 9.17) is 0 Å². The Kier molecular flexibility index (Phi) is 5.37. The summed E-state index contributed by atoms with van der Waals surface area (Å²) in [5, 5.41) is 3.14. The molecule has 7 heteroatoms. The lowest BCUT2D eigenvalue weighted by molar-refractivity contribution is 0.0740. The highest BCUT2D eigenvalue weighted by Crippen LogP contribution is 2.19. The Bertz CT molecular complexity index is 986. The van der Waals surface area contributed by atoms with Crippen molar-refractivity contribution in [2.75, 3.05) is 36.4 Å². The Morgan fingerprint density at radius 3 is 2.34 bits per heavy atom. The minimum atomic E-state index is -0.249. The highest BCUT2D eigenvalue weighted by atomic mass is 19.1. The molecule has 1 aliphatic rings. The second-order valence-corrected chi connectivity index (χ2v) is 6.96. The van der Waals surface area contributed by atoms with E-state index in [1.54, 1.807) is 23.1 Å². The van der Waals surface area contributed by atoms with Gasteiger partial charge in [-0.1, -0.05) is 18.2 Å². The number of benzene rings is 2. The van der Waals surface area contributed by atoms with Crippen LogP contribution in [0.3, 0.4) is 0 Å². The van der Waals surface area contributed by atoms with E-state index < -0.39 is 0 Å². The molecule has 2 aromatic carbocycles. The number of nitrogens with zero attached hydrogens (tertiary/aromatic N) is 4. The van der Waals surface area contributed by atoms with Gasteiger partial charge in [0.25, 0.3) is 5.91 Å². The van der Waals surface area contributed by atoms with Gasteiger partial charge in [-0.05, 0) is 49.4 Å². The maximum absolute atomic E-state index is 13.1. The fourth-order valence-electron chi connectivity index (χ4n) is 3.37. The van der Waals surface area contributed by atoms with Crippen LogP contribution in [-0.2, 0) is 0 Å². The fourth-order valence-corrected chi connectivity index (χ4v) is 3.37. The van der Waals surface area contributed by atoms with E-state index >= 15 is 0 Å². The molecule has 29 heavy (non-hydrogen) atoms. The summed E-state index contributed by atoms with van der Waals surface area (Å²) in [6.45, 7) is 4.40. The minimum Gasteiger partial charge on any atom is -0.368 e. The van der Waals surface area contributed by atoms with Crippen LogP contribution in [0.15, 0.2) is 60.7 Å². The SMILES string of the molecule is Cc1cc(C(=O)N2CCN(c3ccc(F)cc3)CC2)nc(Nc2ccccc2)n1. The number of carbonyl (C=O) groups is 1. The van der Waals surface area contributed by atoms with Gasteiger partial charge in [-0.3, -0.25) is 4.79 Å². The van der Waals surface area contributed by atoms with Crippen molar-refractivity contribution in [3.05, 3.63) is 77.9 Å². The first-order valence-corrected chi connectivity index (χ1v) is 9.56. The lowest BCUT2D eigenvalue weighted by atomic mass is 10.2. The number of para-hydroxylation sites is 1. The molecule has 0 unspecified atom stereocenters. The van der Waals surface area contributed by atoms with Crippen molar-refractivity contribution in [3.8, 4) is 0 Å². The van der Waals surface area contributed by atoms with Gasteiger partial charge in [0.15, 0.2) is 0 Å². The molecule has 1 N–H and O–H groups in total. The van der Waals surface area contributed by atoms with E-state index in [9.17, 15) is 9.18 Å². The first-order valence-electron chi connectivity index (χ1n) is 9.56. The molecule has 1 aliphatic heterocycles. The number of halogens is 1. The number of piperazine rings is 1. The van der Waals surface area contributed by atoms with Crippen LogP contribution in [-0.4, -0.2) is 47.0 Å². The van der Waals surface area contributed by atoms with Crippen LogP contribution < -0.4 is 10.2 Å². The van der Waals surface area contributed by atoms with Gasteiger partial charge < -0.3 is 15.1 Å². The molecular weight excluding hydrogens is 369 g/mol. The number of anilines is 3. The zero-order chi connectivity index (χ0) is 20.2. The Morgan fingerprint density at radius 1 is 0.966 bits per heavy atom. The van der Waals surface area contributed by atoms with Crippen LogP contribution in [0.2, 0.25) is 0 Å². The quantitative estimate of drug-likeness (QED) is 0.736. The van der Waals surface area contributed by atoms with Crippen molar-refractivity contribution in [1.29, 1.82) is 0 Å². The predicted octanol–water partition coefficient (Wildman–Crippen LogP) is 3.63. The van der Waals surface area contributed by atoms with E-state index in [0.29, 0.717) is 37.8 Å². The molecule has 1 fully saturated rings. The molecular formula is C22H22FN5O. The van der Waals surface area contributed by atoms with Crippen LogP contribution in [0.25, 0.3) is 0 Å². The molecule has 3 aromatic rings. The van der Waals surface area contributed by atoms with E-state index in [2.05, 4.69) is 20.2 Å². The summed E-state index contributed by atoms with van der Waals surface area (Å²) in [7, 11) is 0. The summed E-state index contributed by atoms with van der Waals surface area (Å²) < 4.78 is 13.1. The van der Waals surface area contributed by atoms with Crippen LogP contribution in [0.4, 0.5) is 21.7 Å². The fraction of sp³-hybridized carbons (Fsp3) is 0.227. The van der Waals surface area contributed by atoms with Gasteiger partial charge in [-0.15, -0.1) is 0 Å². The predicted molar refractivity (Wildman–Crippen MR) is 111 cm³/mol. The molecule has 0 spiro atoms. The Morgan fingerprint density at radius 2 is 1.66 bits per heavy atom. The highest BCUT2D eigenvalue weighted by Gasteiger charge is 2.24. The average Bonchev–Trinajstić information content (AvgIpc) is 2.74. The number of aryl methyl sites for hydroxylation is 1. The topological polar surface area (TPSA) is 61.4 Å². The van der Waals surface area contributed by atoms with Crippen LogP contribution in [0.5, 0.6) is 0 Å². The zero-order valence-electron chi connectivity index (χ0n) is 16.2. The number of amides is 1. The molecule has 0 bridgehead atoms. The van der Waals surface area contributed by atoms with Crippen molar-refractivity contribution in [3.63, 3.8) is 0 Å². The highest BCUT2D eigenvalue weighted by molar-refractivity contribution is 5.93. The Hall–Kier alpha value is -3.48. The second-order valence-electron chi connectivity index (χ2n) is 6.96. The molecule has 0 radical (unpaired) electrons. The third-order valence-electron chi connectivity index (χ3n) is 4.86. The van der Waals surface area contributed by atoms with E-state index in [-0.39, 0.29) is 11.7 Å². The van der Waals surface area contributed by atoms with Gasteiger partial charge in [0.1, 0.15) is 11.5 Å². The molecule has 1 amide bonds. The van der Waals surface area contributed by atoms with Gasteiger partial charge in [-0.2, -0.15) is 0 Å². The third-order valence-corrected chi connectivity index (χ3v) is 4.86. The van der Waals surface area contributed by atoms with E-state index in [1.807, 2.05) is 37.3 Å². The van der Waals surface area contributed by atoms with E-state index in [1.165, 1.54) is 12.1 Å². The first-order chi connectivity index (χ1) is 14.1. The van der Waals surface area contributed by atoms with Gasteiger partial charge in [-0.25, -0.2) is 14.4 Å². The number of carbonyl (C=O) groups excluding carboxylic acids is 1. The maximum atomic E-state index is 13.1. The maximum Gasteiger partial charge on any atom is 0.272 e. The van der Waals surface area contributed by atoms with Crippen LogP contribution in [0, 0.1) is 12.7 Å². The van der Waals surface area contributed by atoms with Crippen molar-refractivity contribution >= 4 is 23.2 Å². The summed E-state index contributed by atoms with van der Waals surface area (Å²) in [5.41, 5.74) is 2.94. The van der Waals surface area contributed by atoms with Gasteiger partial charge in [0.05, 0.1) is 0 Å². The molecule has 0 saturated carbocycles. The largest absolute Gasteiger partial charge is 0.368 e. The minimum absolute atomic E-state index is 0.106. The summed E-state index contributed by atoms with van der Waals surface area (Å²) in [5.74, 6) is 0.0523. The molecule has 2 heterocycles. The summed E-state index contributed by atoms with van der Waals surface area (Å²) in [6.07, 6.45) is 0. The van der Waals surface area contributed by atoms with Crippen molar-refractivity contribution < 1.29 is 9.18 Å². The summed E-state index contributed by atoms with van der Waals surface area (Å²) in [6, 6.07) is 17.8. The van der Waals surface area contributed by atoms with Gasteiger partial charge >= 0.3 is 0 Å². The Balaban J connectivity index is 1.44. The van der Waals surface area contributed by atoms with Crippen molar-refractivity contribution in [2.24, 2.45) is 0 Å². The molecule has 148 valence electrons. The number of hydrogen-bond acceptors (Lipinski definition) is 5. The number of nitrogens with one attached hydrogen (secondary N) is 1. The smallest absolute Gasteiger partial charge is 0.272 e. The Labute approximate surface area is 169 Å². The summed E-state index contributed by atoms with van der Waals surface area (Å²) in [4.78, 5) is 25.7. The van der Waals surface area contributed by atoms with E-state index in [0.717, 1.165) is 17.1 Å². The molecule has 6 nitrogen and oxygen atoms in total. The second kappa shape index (κ2) is 8.26. The number of rotatable bonds is 4. The lowest BCUT2D eigenvalue weighted by Crippen LogP contribution is -2.49. The third kappa shape index (κ3) is 4.51. The lowest BCUT2D eigenvalue weighted by Gasteiger charge is -2.36. The normalized spacial score (nSPS) is 14.0. The molecule has 4 rings (SSSR count). The van der Waals surface area contributed by atoms with Crippen molar-refractivity contribution in [2.45, 2.75) is 6.92 Å². The van der Waals surface area contributed by atoms with Crippen molar-refractivity contribution in [1.82, 2.24) is 14.9 Å². The molecule has 0 aliphatic carbocycles. The zero-order valence-corrected chi connectivity index (χ0v) is 16.2. The first kappa shape index (κ1) is 18.9.